The maximum atomic E-state index is 12.4. The molecular formula is C20H22ClNO2. The molecule has 0 radical (unpaired) electrons. The normalized spacial score (nSPS) is 24.0. The van der Waals surface area contributed by atoms with E-state index in [4.69, 9.17) is 16.3 Å². The minimum atomic E-state index is -0.285. The van der Waals surface area contributed by atoms with Crippen LogP contribution in [0.3, 0.4) is 0 Å². The number of hydrogen-bond acceptors (Lipinski definition) is 3. The predicted octanol–water partition coefficient (Wildman–Crippen LogP) is 3.90. The molecule has 1 heterocycles. The summed E-state index contributed by atoms with van der Waals surface area (Å²) >= 11 is 6.02. The predicted molar refractivity (Wildman–Crippen MR) is 96.0 cm³/mol. The van der Waals surface area contributed by atoms with Crippen molar-refractivity contribution in [1.82, 2.24) is 4.90 Å². The topological polar surface area (TPSA) is 29.5 Å². The van der Waals surface area contributed by atoms with E-state index in [0.29, 0.717) is 11.6 Å². The molecule has 2 atom stereocenters. The molecule has 0 saturated carbocycles. The van der Waals surface area contributed by atoms with Gasteiger partial charge in [-0.1, -0.05) is 61.0 Å². The number of carbonyl (C=O) groups excluding carboxylic acids is 1. The highest BCUT2D eigenvalue weighted by Crippen LogP contribution is 2.40. The maximum Gasteiger partial charge on any atom is 0.310 e. The van der Waals surface area contributed by atoms with Gasteiger partial charge in [0.15, 0.2) is 0 Å². The van der Waals surface area contributed by atoms with Gasteiger partial charge in [-0.25, -0.2) is 0 Å². The molecule has 0 bridgehead atoms. The zero-order chi connectivity index (χ0) is 17.2. The molecule has 24 heavy (non-hydrogen) atoms. The number of nitrogens with zero attached hydrogens (tertiary/aromatic N) is 1. The Morgan fingerprint density at radius 1 is 1.21 bits per heavy atom. The first-order valence-corrected chi connectivity index (χ1v) is 8.51. The van der Waals surface area contributed by atoms with Crippen molar-refractivity contribution in [1.29, 1.82) is 0 Å². The summed E-state index contributed by atoms with van der Waals surface area (Å²) in [6.07, 6.45) is 0. The van der Waals surface area contributed by atoms with E-state index in [1.165, 1.54) is 12.7 Å². The quantitative estimate of drug-likeness (QED) is 0.788. The summed E-state index contributed by atoms with van der Waals surface area (Å²) in [6.45, 7) is 4.48. The summed E-state index contributed by atoms with van der Waals surface area (Å²) in [7, 11) is 1.46. The van der Waals surface area contributed by atoms with Crippen molar-refractivity contribution >= 4 is 17.6 Å². The number of halogens is 1. The zero-order valence-corrected chi connectivity index (χ0v) is 14.8. The first-order chi connectivity index (χ1) is 11.5. The first kappa shape index (κ1) is 17.0. The smallest absolute Gasteiger partial charge is 0.310 e. The molecule has 126 valence electrons. The standard InChI is InChI=1S/C20H22ClNO2/c1-20(16-8-10-17(21)11-9-16)14-22(13-18(20)19(23)24-2)12-15-6-4-3-5-7-15/h3-11,18H,12-14H2,1-2H3/t18-,20-/m0/s1. The highest BCUT2D eigenvalue weighted by Gasteiger charge is 2.48. The van der Waals surface area contributed by atoms with Gasteiger partial charge >= 0.3 is 5.97 Å². The van der Waals surface area contributed by atoms with Gasteiger partial charge in [0.05, 0.1) is 13.0 Å². The van der Waals surface area contributed by atoms with Crippen LogP contribution < -0.4 is 0 Å². The van der Waals surface area contributed by atoms with Crippen LogP contribution in [0.25, 0.3) is 0 Å². The Balaban J connectivity index is 1.88. The zero-order valence-electron chi connectivity index (χ0n) is 14.0. The molecule has 0 spiro atoms. The lowest BCUT2D eigenvalue weighted by molar-refractivity contribution is -0.146. The van der Waals surface area contributed by atoms with Gasteiger partial charge in [0.2, 0.25) is 0 Å². The monoisotopic (exact) mass is 343 g/mol. The van der Waals surface area contributed by atoms with Crippen molar-refractivity contribution < 1.29 is 9.53 Å². The third kappa shape index (κ3) is 3.33. The van der Waals surface area contributed by atoms with Crippen LogP contribution in [0.1, 0.15) is 18.1 Å². The van der Waals surface area contributed by atoms with Crippen molar-refractivity contribution in [2.75, 3.05) is 20.2 Å². The van der Waals surface area contributed by atoms with Gasteiger partial charge in [-0.05, 0) is 23.3 Å². The number of likely N-dealkylation sites (tertiary alicyclic amines) is 1. The van der Waals surface area contributed by atoms with Gasteiger partial charge in [-0.2, -0.15) is 0 Å². The average Bonchev–Trinajstić information content (AvgIpc) is 2.93. The Morgan fingerprint density at radius 2 is 1.88 bits per heavy atom. The second-order valence-electron chi connectivity index (χ2n) is 6.66. The summed E-state index contributed by atoms with van der Waals surface area (Å²) in [6, 6.07) is 18.1. The van der Waals surface area contributed by atoms with Gasteiger partial charge in [-0.15, -0.1) is 0 Å². The molecule has 3 nitrogen and oxygen atoms in total. The molecule has 4 heteroatoms. The fourth-order valence-corrected chi connectivity index (χ4v) is 3.79. The SMILES string of the molecule is COC(=O)[C@@H]1CN(Cc2ccccc2)C[C@@]1(C)c1ccc(Cl)cc1. The van der Waals surface area contributed by atoms with Crippen molar-refractivity contribution in [3.8, 4) is 0 Å². The van der Waals surface area contributed by atoms with E-state index in [-0.39, 0.29) is 17.3 Å². The second-order valence-corrected chi connectivity index (χ2v) is 7.09. The average molecular weight is 344 g/mol. The number of esters is 1. The van der Waals surface area contributed by atoms with Crippen molar-refractivity contribution in [2.24, 2.45) is 5.92 Å². The van der Waals surface area contributed by atoms with Crippen LogP contribution in [0.2, 0.25) is 5.02 Å². The fraction of sp³-hybridized carbons (Fsp3) is 0.350. The summed E-state index contributed by atoms with van der Waals surface area (Å²) in [5.41, 5.74) is 2.09. The summed E-state index contributed by atoms with van der Waals surface area (Å²) in [5, 5.41) is 0.705. The first-order valence-electron chi connectivity index (χ1n) is 8.13. The largest absolute Gasteiger partial charge is 0.469 e. The number of carbonyl (C=O) groups is 1. The fourth-order valence-electron chi connectivity index (χ4n) is 3.66. The van der Waals surface area contributed by atoms with E-state index in [0.717, 1.165) is 18.7 Å². The van der Waals surface area contributed by atoms with Gasteiger partial charge in [-0.3, -0.25) is 9.69 Å². The lowest BCUT2D eigenvalue weighted by atomic mass is 9.74. The lowest BCUT2D eigenvalue weighted by Crippen LogP contribution is -2.37. The van der Waals surface area contributed by atoms with Crippen LogP contribution >= 0.6 is 11.6 Å². The lowest BCUT2D eigenvalue weighted by Gasteiger charge is -2.29. The molecule has 2 aromatic rings. The van der Waals surface area contributed by atoms with Gasteiger partial charge in [0.1, 0.15) is 0 Å². The Morgan fingerprint density at radius 3 is 2.50 bits per heavy atom. The molecule has 3 rings (SSSR count). The molecule has 2 aromatic carbocycles. The summed E-state index contributed by atoms with van der Waals surface area (Å²) in [5.74, 6) is -0.338. The maximum absolute atomic E-state index is 12.4. The Kier molecular flexibility index (Phi) is 4.93. The Hall–Kier alpha value is -1.84. The van der Waals surface area contributed by atoms with Crippen LogP contribution in [0.5, 0.6) is 0 Å². The highest BCUT2D eigenvalue weighted by molar-refractivity contribution is 6.30. The van der Waals surface area contributed by atoms with Gasteiger partial charge < -0.3 is 4.74 Å². The molecule has 1 aliphatic heterocycles. The minimum Gasteiger partial charge on any atom is -0.469 e. The van der Waals surface area contributed by atoms with Crippen molar-refractivity contribution in [2.45, 2.75) is 18.9 Å². The van der Waals surface area contributed by atoms with Gasteiger partial charge in [0, 0.05) is 30.1 Å². The summed E-state index contributed by atoms with van der Waals surface area (Å²) < 4.78 is 5.08. The molecule has 0 aliphatic carbocycles. The van der Waals surface area contributed by atoms with E-state index < -0.39 is 0 Å². The Labute approximate surface area is 148 Å². The number of hydrogen-bond donors (Lipinski definition) is 0. The third-order valence-electron chi connectivity index (χ3n) is 5.00. The molecule has 0 N–H and O–H groups in total. The second kappa shape index (κ2) is 6.96. The highest BCUT2D eigenvalue weighted by atomic mass is 35.5. The molecule has 0 aromatic heterocycles. The summed E-state index contributed by atoms with van der Waals surface area (Å²) in [4.78, 5) is 14.7. The van der Waals surface area contributed by atoms with Gasteiger partial charge in [0.25, 0.3) is 0 Å². The number of ether oxygens (including phenoxy) is 1. The van der Waals surface area contributed by atoms with Crippen molar-refractivity contribution in [3.63, 3.8) is 0 Å². The molecule has 1 aliphatic rings. The number of rotatable bonds is 4. The molecule has 1 saturated heterocycles. The van der Waals surface area contributed by atoms with E-state index >= 15 is 0 Å². The van der Waals surface area contributed by atoms with Crippen LogP contribution in [-0.2, 0) is 21.5 Å². The molecular weight excluding hydrogens is 322 g/mol. The van der Waals surface area contributed by atoms with E-state index in [9.17, 15) is 4.79 Å². The van der Waals surface area contributed by atoms with Crippen LogP contribution in [0, 0.1) is 5.92 Å². The third-order valence-corrected chi connectivity index (χ3v) is 5.25. The molecule has 1 fully saturated rings. The van der Waals surface area contributed by atoms with Crippen molar-refractivity contribution in [3.05, 3.63) is 70.7 Å². The van der Waals surface area contributed by atoms with Crippen LogP contribution in [0.4, 0.5) is 0 Å². The molecule has 0 amide bonds. The van der Waals surface area contributed by atoms with Crippen LogP contribution in [-0.4, -0.2) is 31.1 Å². The minimum absolute atomic E-state index is 0.150. The van der Waals surface area contributed by atoms with E-state index in [2.05, 4.69) is 24.0 Å². The van der Waals surface area contributed by atoms with E-state index in [1.54, 1.807) is 0 Å². The number of methoxy groups -OCH3 is 1. The van der Waals surface area contributed by atoms with Crippen LogP contribution in [0.15, 0.2) is 54.6 Å². The number of benzene rings is 2. The molecule has 0 unspecified atom stereocenters. The Bertz CT molecular complexity index is 701. The van der Waals surface area contributed by atoms with E-state index in [1.807, 2.05) is 42.5 Å².